The summed E-state index contributed by atoms with van der Waals surface area (Å²) in [5, 5.41) is 0. The highest BCUT2D eigenvalue weighted by atomic mass is 14.9. The van der Waals surface area contributed by atoms with E-state index in [9.17, 15) is 0 Å². The molecule has 16 heavy (non-hydrogen) atoms. The number of nitrogens with zero attached hydrogens (tertiary/aromatic N) is 1. The number of benzene rings is 1. The Morgan fingerprint density at radius 3 is 2.31 bits per heavy atom. The zero-order valence-electron chi connectivity index (χ0n) is 10.5. The maximum absolute atomic E-state index is 2.29. The lowest BCUT2D eigenvalue weighted by Crippen LogP contribution is -2.10. The summed E-state index contributed by atoms with van der Waals surface area (Å²) in [5.41, 5.74) is 4.18. The quantitative estimate of drug-likeness (QED) is 0.675. The Labute approximate surface area is 97.7 Å². The van der Waals surface area contributed by atoms with Gasteiger partial charge in [0.2, 0.25) is 0 Å². The third-order valence-electron chi connectivity index (χ3n) is 2.89. The van der Waals surface area contributed by atoms with Crippen LogP contribution in [-0.2, 0) is 12.5 Å². The summed E-state index contributed by atoms with van der Waals surface area (Å²) in [5.74, 6) is 0. The molecule has 1 heteroatoms. The normalized spacial score (nSPS) is 11.8. The van der Waals surface area contributed by atoms with Gasteiger partial charge in [0.15, 0.2) is 0 Å². The van der Waals surface area contributed by atoms with E-state index in [1.165, 1.54) is 16.7 Å². The molecule has 0 aliphatic carbocycles. The highest BCUT2D eigenvalue weighted by Crippen LogP contribution is 2.27. The van der Waals surface area contributed by atoms with Gasteiger partial charge in [-0.05, 0) is 28.2 Å². The van der Waals surface area contributed by atoms with Crippen LogP contribution >= 0.6 is 0 Å². The number of aryl methyl sites for hydroxylation is 1. The average Bonchev–Trinajstić information content (AvgIpc) is 2.64. The van der Waals surface area contributed by atoms with Gasteiger partial charge in [0.1, 0.15) is 0 Å². The second-order valence-electron chi connectivity index (χ2n) is 5.40. The van der Waals surface area contributed by atoms with Gasteiger partial charge in [0, 0.05) is 19.4 Å². The van der Waals surface area contributed by atoms with Gasteiger partial charge in [-0.1, -0.05) is 45.0 Å². The lowest BCUT2D eigenvalue weighted by molar-refractivity contribution is 0.590. The van der Waals surface area contributed by atoms with Crippen LogP contribution in [0.25, 0.3) is 11.1 Å². The second-order valence-corrected chi connectivity index (χ2v) is 5.40. The van der Waals surface area contributed by atoms with Crippen molar-refractivity contribution in [3.63, 3.8) is 0 Å². The van der Waals surface area contributed by atoms with E-state index in [2.05, 4.69) is 75.1 Å². The van der Waals surface area contributed by atoms with E-state index in [0.29, 0.717) is 0 Å². The molecular weight excluding hydrogens is 194 g/mol. The second kappa shape index (κ2) is 3.82. The van der Waals surface area contributed by atoms with E-state index >= 15 is 0 Å². The van der Waals surface area contributed by atoms with Crippen molar-refractivity contribution in [3.05, 3.63) is 48.3 Å². The fourth-order valence-electron chi connectivity index (χ4n) is 1.84. The summed E-state index contributed by atoms with van der Waals surface area (Å²) in [6.45, 7) is 6.74. The number of aromatic nitrogens is 1. The van der Waals surface area contributed by atoms with Crippen LogP contribution in [0.3, 0.4) is 0 Å². The van der Waals surface area contributed by atoms with Gasteiger partial charge in [-0.2, -0.15) is 0 Å². The average molecular weight is 213 g/mol. The molecule has 0 saturated carbocycles. The van der Waals surface area contributed by atoms with Crippen LogP contribution in [0.5, 0.6) is 0 Å². The minimum absolute atomic E-state index is 0.213. The first-order valence-corrected chi connectivity index (χ1v) is 5.70. The van der Waals surface area contributed by atoms with E-state index in [1.807, 2.05) is 0 Å². The van der Waals surface area contributed by atoms with Gasteiger partial charge >= 0.3 is 0 Å². The topological polar surface area (TPSA) is 4.93 Å². The number of rotatable bonds is 1. The lowest BCUT2D eigenvalue weighted by atomic mass is 9.86. The smallest absolute Gasteiger partial charge is 0.0110 e. The molecule has 1 heterocycles. The first-order valence-electron chi connectivity index (χ1n) is 5.70. The van der Waals surface area contributed by atoms with Crippen molar-refractivity contribution in [2.24, 2.45) is 7.05 Å². The van der Waals surface area contributed by atoms with Gasteiger partial charge < -0.3 is 4.57 Å². The molecule has 1 nitrogen and oxygen atoms in total. The molecule has 0 unspecified atom stereocenters. The van der Waals surface area contributed by atoms with Crippen molar-refractivity contribution >= 4 is 0 Å². The molecule has 0 bridgehead atoms. The van der Waals surface area contributed by atoms with Gasteiger partial charge in [-0.25, -0.2) is 0 Å². The van der Waals surface area contributed by atoms with Crippen LogP contribution in [0.2, 0.25) is 0 Å². The Balaban J connectivity index is 2.44. The molecule has 0 aliphatic heterocycles. The van der Waals surface area contributed by atoms with Crippen molar-refractivity contribution in [1.29, 1.82) is 0 Å². The molecule has 84 valence electrons. The lowest BCUT2D eigenvalue weighted by Gasteiger charge is -2.19. The largest absolute Gasteiger partial charge is 0.357 e. The van der Waals surface area contributed by atoms with Crippen LogP contribution in [-0.4, -0.2) is 4.57 Å². The summed E-state index contributed by atoms with van der Waals surface area (Å²) in [6.07, 6.45) is 4.24. The third-order valence-corrected chi connectivity index (χ3v) is 2.89. The number of hydrogen-bond donors (Lipinski definition) is 0. The molecule has 0 atom stereocenters. The maximum Gasteiger partial charge on any atom is 0.0110 e. The van der Waals surface area contributed by atoms with Crippen molar-refractivity contribution < 1.29 is 0 Å². The zero-order valence-corrected chi connectivity index (χ0v) is 10.5. The van der Waals surface area contributed by atoms with Crippen molar-refractivity contribution in [3.8, 4) is 11.1 Å². The highest BCUT2D eigenvalue weighted by molar-refractivity contribution is 5.63. The summed E-state index contributed by atoms with van der Waals surface area (Å²) >= 11 is 0. The Morgan fingerprint density at radius 1 is 1.00 bits per heavy atom. The van der Waals surface area contributed by atoms with Crippen LogP contribution < -0.4 is 0 Å². The molecule has 0 fully saturated rings. The Kier molecular flexibility index (Phi) is 2.63. The zero-order chi connectivity index (χ0) is 11.8. The Bertz CT molecular complexity index is 486. The SMILES string of the molecule is Cn1ccc(-c2cccc(C(C)(C)C)c2)c1. The van der Waals surface area contributed by atoms with E-state index in [0.717, 1.165) is 0 Å². The van der Waals surface area contributed by atoms with E-state index in [-0.39, 0.29) is 5.41 Å². The predicted molar refractivity (Wildman–Crippen MR) is 69.5 cm³/mol. The summed E-state index contributed by atoms with van der Waals surface area (Å²) in [4.78, 5) is 0. The summed E-state index contributed by atoms with van der Waals surface area (Å²) < 4.78 is 2.08. The van der Waals surface area contributed by atoms with Crippen LogP contribution in [0.1, 0.15) is 26.3 Å². The van der Waals surface area contributed by atoms with Gasteiger partial charge in [-0.3, -0.25) is 0 Å². The summed E-state index contributed by atoms with van der Waals surface area (Å²) in [6, 6.07) is 11.0. The fraction of sp³-hybridized carbons (Fsp3) is 0.333. The van der Waals surface area contributed by atoms with Crippen LogP contribution in [0.15, 0.2) is 42.7 Å². The molecule has 0 N–H and O–H groups in total. The monoisotopic (exact) mass is 213 g/mol. The van der Waals surface area contributed by atoms with E-state index in [1.54, 1.807) is 0 Å². The minimum atomic E-state index is 0.213. The van der Waals surface area contributed by atoms with E-state index < -0.39 is 0 Å². The molecule has 0 radical (unpaired) electrons. The van der Waals surface area contributed by atoms with Crippen LogP contribution in [0.4, 0.5) is 0 Å². The molecule has 1 aromatic carbocycles. The predicted octanol–water partition coefficient (Wildman–Crippen LogP) is 3.99. The highest BCUT2D eigenvalue weighted by Gasteiger charge is 2.13. The molecule has 0 spiro atoms. The van der Waals surface area contributed by atoms with Crippen molar-refractivity contribution in [2.45, 2.75) is 26.2 Å². The van der Waals surface area contributed by atoms with Gasteiger partial charge in [-0.15, -0.1) is 0 Å². The molecule has 0 saturated heterocycles. The third kappa shape index (κ3) is 2.19. The molecule has 0 aliphatic rings. The Hall–Kier alpha value is -1.50. The van der Waals surface area contributed by atoms with Crippen LogP contribution in [0, 0.1) is 0 Å². The standard InChI is InChI=1S/C15H19N/c1-15(2,3)14-7-5-6-12(10-14)13-8-9-16(4)11-13/h5-11H,1-4H3. The van der Waals surface area contributed by atoms with Crippen molar-refractivity contribution in [1.82, 2.24) is 4.57 Å². The Morgan fingerprint density at radius 2 is 1.75 bits per heavy atom. The van der Waals surface area contributed by atoms with Crippen molar-refractivity contribution in [2.75, 3.05) is 0 Å². The van der Waals surface area contributed by atoms with Gasteiger partial charge in [0.25, 0.3) is 0 Å². The first-order chi connectivity index (χ1) is 7.47. The minimum Gasteiger partial charge on any atom is -0.357 e. The van der Waals surface area contributed by atoms with Gasteiger partial charge in [0.05, 0.1) is 0 Å². The molecule has 2 rings (SSSR count). The molecular formula is C15H19N. The first kappa shape index (κ1) is 11.0. The van der Waals surface area contributed by atoms with E-state index in [4.69, 9.17) is 0 Å². The fourth-order valence-corrected chi connectivity index (χ4v) is 1.84. The molecule has 0 amide bonds. The molecule has 1 aromatic heterocycles. The maximum atomic E-state index is 2.29. The molecule has 2 aromatic rings. The summed E-state index contributed by atoms with van der Waals surface area (Å²) in [7, 11) is 2.05. The number of hydrogen-bond acceptors (Lipinski definition) is 0.